The Morgan fingerprint density at radius 3 is 2.54 bits per heavy atom. The van der Waals surface area contributed by atoms with Gasteiger partial charge in [0.2, 0.25) is 0 Å². The summed E-state index contributed by atoms with van der Waals surface area (Å²) in [5.74, 6) is -0.586. The summed E-state index contributed by atoms with van der Waals surface area (Å²) >= 11 is 5.80. The molecule has 1 saturated carbocycles. The van der Waals surface area contributed by atoms with Crippen LogP contribution in [-0.2, 0) is 9.53 Å². The van der Waals surface area contributed by atoms with E-state index >= 15 is 0 Å². The smallest absolute Gasteiger partial charge is 0.338 e. The van der Waals surface area contributed by atoms with E-state index in [1.807, 2.05) is 4.90 Å². The number of hydrogen-bond donors (Lipinski definition) is 0. The molecule has 5 heteroatoms. The van der Waals surface area contributed by atoms with Crippen LogP contribution in [0.4, 0.5) is 0 Å². The Labute approximate surface area is 148 Å². The van der Waals surface area contributed by atoms with Crippen molar-refractivity contribution in [1.82, 2.24) is 4.90 Å². The Bertz CT molecular complexity index is 655. The molecule has 1 saturated heterocycles. The van der Waals surface area contributed by atoms with E-state index in [0.29, 0.717) is 10.6 Å². The number of likely N-dealkylation sites (tertiary alicyclic amines) is 1. The van der Waals surface area contributed by atoms with Crippen molar-refractivity contribution in [3.05, 3.63) is 34.9 Å². The number of benzene rings is 1. The first-order chi connectivity index (χ1) is 11.2. The topological polar surface area (TPSA) is 46.6 Å². The average molecular weight is 350 g/mol. The van der Waals surface area contributed by atoms with Gasteiger partial charge in [-0.3, -0.25) is 4.79 Å². The lowest BCUT2D eigenvalue weighted by Gasteiger charge is -2.39. The van der Waals surface area contributed by atoms with Crippen molar-refractivity contribution in [3.63, 3.8) is 0 Å². The Balaban J connectivity index is 1.60. The Morgan fingerprint density at radius 1 is 1.21 bits per heavy atom. The van der Waals surface area contributed by atoms with E-state index in [2.05, 4.69) is 20.8 Å². The number of esters is 1. The third kappa shape index (κ3) is 3.59. The summed E-state index contributed by atoms with van der Waals surface area (Å²) in [7, 11) is 0. The van der Waals surface area contributed by atoms with Crippen LogP contribution in [0.2, 0.25) is 5.02 Å². The maximum absolute atomic E-state index is 12.6. The molecule has 24 heavy (non-hydrogen) atoms. The van der Waals surface area contributed by atoms with Crippen LogP contribution < -0.4 is 0 Å². The van der Waals surface area contributed by atoms with Gasteiger partial charge in [0, 0.05) is 17.6 Å². The van der Waals surface area contributed by atoms with Gasteiger partial charge in [-0.15, -0.1) is 0 Å². The minimum absolute atomic E-state index is 0.0938. The average Bonchev–Trinajstić information content (AvgIpc) is 2.74. The SMILES string of the molecule is CC1(C)CC2CC(C)(CN2C(=O)COC(=O)c2ccc(Cl)cc2)C1. The lowest BCUT2D eigenvalue weighted by atomic mass is 9.65. The Hall–Kier alpha value is -1.55. The number of hydrogen-bond acceptors (Lipinski definition) is 3. The summed E-state index contributed by atoms with van der Waals surface area (Å²) in [6.45, 7) is 7.36. The quantitative estimate of drug-likeness (QED) is 0.777. The van der Waals surface area contributed by atoms with Crippen molar-refractivity contribution < 1.29 is 14.3 Å². The van der Waals surface area contributed by atoms with Crippen molar-refractivity contribution in [2.24, 2.45) is 10.8 Å². The zero-order valence-corrected chi connectivity index (χ0v) is 15.2. The van der Waals surface area contributed by atoms with Gasteiger partial charge >= 0.3 is 5.97 Å². The molecule has 0 N–H and O–H groups in total. The molecule has 2 atom stereocenters. The fraction of sp³-hybridized carbons (Fsp3) is 0.579. The van der Waals surface area contributed by atoms with Gasteiger partial charge < -0.3 is 9.64 Å². The molecule has 0 aromatic heterocycles. The molecular formula is C19H24ClNO3. The van der Waals surface area contributed by atoms with Gasteiger partial charge in [0.05, 0.1) is 5.56 Å². The number of carbonyl (C=O) groups excluding carboxylic acids is 2. The van der Waals surface area contributed by atoms with E-state index in [4.69, 9.17) is 16.3 Å². The molecule has 1 aromatic rings. The number of amides is 1. The molecule has 1 aliphatic carbocycles. The van der Waals surface area contributed by atoms with Gasteiger partial charge in [0.1, 0.15) is 0 Å². The molecule has 3 rings (SSSR count). The summed E-state index contributed by atoms with van der Waals surface area (Å²) in [4.78, 5) is 26.5. The van der Waals surface area contributed by atoms with Gasteiger partial charge in [0.25, 0.3) is 5.91 Å². The molecule has 2 fully saturated rings. The van der Waals surface area contributed by atoms with Gasteiger partial charge in [-0.25, -0.2) is 4.79 Å². The standard InChI is InChI=1S/C19H24ClNO3/c1-18(2)8-15-9-19(3,11-18)12-21(15)16(22)10-24-17(23)13-4-6-14(20)7-5-13/h4-7,15H,8-12H2,1-3H3. The summed E-state index contributed by atoms with van der Waals surface area (Å²) in [6, 6.07) is 6.72. The van der Waals surface area contributed by atoms with E-state index in [0.717, 1.165) is 25.8 Å². The minimum atomic E-state index is -0.492. The van der Waals surface area contributed by atoms with Gasteiger partial charge in [-0.2, -0.15) is 0 Å². The number of ether oxygens (including phenoxy) is 1. The van der Waals surface area contributed by atoms with Crippen molar-refractivity contribution in [2.75, 3.05) is 13.2 Å². The highest BCUT2D eigenvalue weighted by molar-refractivity contribution is 6.30. The monoisotopic (exact) mass is 349 g/mol. The Morgan fingerprint density at radius 2 is 1.88 bits per heavy atom. The number of fused-ring (bicyclic) bond motifs is 2. The summed E-state index contributed by atoms with van der Waals surface area (Å²) < 4.78 is 5.20. The molecule has 130 valence electrons. The second-order valence-corrected chi connectivity index (χ2v) is 8.75. The fourth-order valence-corrected chi connectivity index (χ4v) is 4.76. The predicted octanol–water partition coefficient (Wildman–Crippen LogP) is 3.92. The van der Waals surface area contributed by atoms with Crippen molar-refractivity contribution in [3.8, 4) is 0 Å². The van der Waals surface area contributed by atoms with Crippen LogP contribution in [0.3, 0.4) is 0 Å². The molecule has 1 aromatic carbocycles. The minimum Gasteiger partial charge on any atom is -0.452 e. The lowest BCUT2D eigenvalue weighted by molar-refractivity contribution is -0.135. The Kier molecular flexibility index (Phi) is 4.37. The molecule has 4 nitrogen and oxygen atoms in total. The van der Waals surface area contributed by atoms with E-state index in [9.17, 15) is 9.59 Å². The van der Waals surface area contributed by atoms with Crippen LogP contribution in [0.25, 0.3) is 0 Å². The molecule has 2 bridgehead atoms. The van der Waals surface area contributed by atoms with Gasteiger partial charge in [0.15, 0.2) is 6.61 Å². The highest BCUT2D eigenvalue weighted by Gasteiger charge is 2.50. The van der Waals surface area contributed by atoms with Crippen molar-refractivity contribution in [1.29, 1.82) is 0 Å². The molecule has 0 radical (unpaired) electrons. The van der Waals surface area contributed by atoms with Crippen LogP contribution in [0, 0.1) is 10.8 Å². The maximum Gasteiger partial charge on any atom is 0.338 e. The molecule has 0 spiro atoms. The largest absolute Gasteiger partial charge is 0.452 e. The van der Waals surface area contributed by atoms with E-state index in [1.54, 1.807) is 24.3 Å². The number of rotatable bonds is 3. The van der Waals surface area contributed by atoms with Crippen LogP contribution in [0.1, 0.15) is 50.4 Å². The molecule has 2 aliphatic rings. The third-order valence-electron chi connectivity index (χ3n) is 5.14. The molecule has 2 unspecified atom stereocenters. The van der Waals surface area contributed by atoms with Crippen LogP contribution in [0.5, 0.6) is 0 Å². The van der Waals surface area contributed by atoms with Gasteiger partial charge in [-0.05, 0) is 54.4 Å². The van der Waals surface area contributed by atoms with Crippen LogP contribution in [-0.4, -0.2) is 36.0 Å². The van der Waals surface area contributed by atoms with Gasteiger partial charge in [-0.1, -0.05) is 32.4 Å². The van der Waals surface area contributed by atoms with Crippen LogP contribution in [0.15, 0.2) is 24.3 Å². The first kappa shape index (κ1) is 17.3. The first-order valence-corrected chi connectivity index (χ1v) is 8.78. The first-order valence-electron chi connectivity index (χ1n) is 8.40. The molecular weight excluding hydrogens is 326 g/mol. The summed E-state index contributed by atoms with van der Waals surface area (Å²) in [5.41, 5.74) is 0.843. The summed E-state index contributed by atoms with van der Waals surface area (Å²) in [6.07, 6.45) is 3.19. The maximum atomic E-state index is 12.6. The van der Waals surface area contributed by atoms with Crippen molar-refractivity contribution in [2.45, 2.75) is 46.1 Å². The zero-order chi connectivity index (χ0) is 17.5. The number of carbonyl (C=O) groups is 2. The highest BCUT2D eigenvalue weighted by Crippen LogP contribution is 2.52. The zero-order valence-electron chi connectivity index (χ0n) is 14.5. The van der Waals surface area contributed by atoms with E-state index in [1.165, 1.54) is 0 Å². The fourth-order valence-electron chi connectivity index (χ4n) is 4.63. The normalized spacial score (nSPS) is 27.8. The second kappa shape index (κ2) is 6.07. The van der Waals surface area contributed by atoms with Crippen LogP contribution >= 0.6 is 11.6 Å². The van der Waals surface area contributed by atoms with E-state index in [-0.39, 0.29) is 29.4 Å². The van der Waals surface area contributed by atoms with E-state index < -0.39 is 5.97 Å². The lowest BCUT2D eigenvalue weighted by Crippen LogP contribution is -2.39. The molecule has 1 aliphatic heterocycles. The third-order valence-corrected chi connectivity index (χ3v) is 5.39. The van der Waals surface area contributed by atoms with Crippen molar-refractivity contribution >= 4 is 23.5 Å². The summed E-state index contributed by atoms with van der Waals surface area (Å²) in [5, 5.41) is 0.558. The number of halogens is 1. The molecule has 1 heterocycles. The molecule has 1 amide bonds. The predicted molar refractivity (Wildman–Crippen MR) is 93.0 cm³/mol. The number of nitrogens with zero attached hydrogens (tertiary/aromatic N) is 1. The highest BCUT2D eigenvalue weighted by atomic mass is 35.5. The second-order valence-electron chi connectivity index (χ2n) is 8.32.